The second-order valence-corrected chi connectivity index (χ2v) is 4.48. The first kappa shape index (κ1) is 14.0. The Morgan fingerprint density at radius 2 is 1.55 bits per heavy atom. The molecule has 2 rings (SSSR count). The van der Waals surface area contributed by atoms with Crippen molar-refractivity contribution in [1.82, 2.24) is 0 Å². The first-order chi connectivity index (χ1) is 9.59. The van der Waals surface area contributed by atoms with Gasteiger partial charge in [-0.1, -0.05) is 48.0 Å². The van der Waals surface area contributed by atoms with Crippen LogP contribution in [0.1, 0.15) is 26.3 Å². The van der Waals surface area contributed by atoms with Crippen LogP contribution in [0.4, 0.5) is 0 Å². The van der Waals surface area contributed by atoms with E-state index in [1.54, 1.807) is 42.5 Å². The zero-order valence-electron chi connectivity index (χ0n) is 10.4. The number of carboxylic acids is 1. The molecular weight excluding hydrogens is 276 g/mol. The van der Waals surface area contributed by atoms with Crippen molar-refractivity contribution in [3.05, 3.63) is 76.3 Å². The molecule has 0 heterocycles. The molecule has 0 fully saturated rings. The molecule has 0 atom stereocenters. The summed E-state index contributed by atoms with van der Waals surface area (Å²) in [6.07, 6.45) is 2.90. The van der Waals surface area contributed by atoms with Gasteiger partial charge in [-0.3, -0.25) is 4.79 Å². The largest absolute Gasteiger partial charge is 0.478 e. The summed E-state index contributed by atoms with van der Waals surface area (Å²) in [4.78, 5) is 23.1. The minimum absolute atomic E-state index is 0.0127. The summed E-state index contributed by atoms with van der Waals surface area (Å²) in [7, 11) is 0. The van der Waals surface area contributed by atoms with Crippen molar-refractivity contribution in [1.29, 1.82) is 0 Å². The van der Waals surface area contributed by atoms with E-state index in [2.05, 4.69) is 0 Å². The van der Waals surface area contributed by atoms with Crippen LogP contribution in [0.25, 0.3) is 6.08 Å². The second-order valence-electron chi connectivity index (χ2n) is 4.07. The van der Waals surface area contributed by atoms with Gasteiger partial charge in [0, 0.05) is 10.6 Å². The van der Waals surface area contributed by atoms with E-state index in [9.17, 15) is 9.59 Å². The third kappa shape index (κ3) is 3.13. The maximum Gasteiger partial charge on any atom is 0.336 e. The molecule has 0 spiro atoms. The van der Waals surface area contributed by atoms with E-state index < -0.39 is 5.97 Å². The number of ketones is 1. The van der Waals surface area contributed by atoms with Crippen molar-refractivity contribution < 1.29 is 14.7 Å². The molecule has 4 heteroatoms. The third-order valence-corrected chi connectivity index (χ3v) is 3.09. The molecular formula is C16H11ClO3. The van der Waals surface area contributed by atoms with Crippen LogP contribution in [0.3, 0.4) is 0 Å². The second kappa shape index (κ2) is 6.17. The van der Waals surface area contributed by atoms with Crippen LogP contribution < -0.4 is 0 Å². The first-order valence-electron chi connectivity index (χ1n) is 5.89. The summed E-state index contributed by atoms with van der Waals surface area (Å²) < 4.78 is 0. The highest BCUT2D eigenvalue weighted by Crippen LogP contribution is 2.17. The average Bonchev–Trinajstić information content (AvgIpc) is 2.46. The van der Waals surface area contributed by atoms with Gasteiger partial charge in [-0.25, -0.2) is 4.79 Å². The maximum absolute atomic E-state index is 12.1. The standard InChI is InChI=1S/C16H11ClO3/c17-14-8-4-1-5-11(14)9-10-15(18)12-6-2-3-7-13(12)16(19)20/h1-10H,(H,19,20). The molecule has 0 amide bonds. The summed E-state index contributed by atoms with van der Waals surface area (Å²) in [5.74, 6) is -1.50. The monoisotopic (exact) mass is 286 g/mol. The number of aromatic carboxylic acids is 1. The lowest BCUT2D eigenvalue weighted by Gasteiger charge is -2.01. The number of hydrogen-bond donors (Lipinski definition) is 1. The number of carboxylic acid groups (broad SMARTS) is 1. The van der Waals surface area contributed by atoms with Gasteiger partial charge in [0.25, 0.3) is 0 Å². The van der Waals surface area contributed by atoms with Crippen LogP contribution in [0, 0.1) is 0 Å². The fourth-order valence-corrected chi connectivity index (χ4v) is 1.95. The molecule has 20 heavy (non-hydrogen) atoms. The van der Waals surface area contributed by atoms with Gasteiger partial charge in [-0.05, 0) is 29.8 Å². The van der Waals surface area contributed by atoms with Gasteiger partial charge in [-0.2, -0.15) is 0 Å². The predicted molar refractivity (Wildman–Crippen MR) is 78.2 cm³/mol. The van der Waals surface area contributed by atoms with Crippen molar-refractivity contribution in [2.75, 3.05) is 0 Å². The Morgan fingerprint density at radius 3 is 2.20 bits per heavy atom. The molecule has 0 saturated carbocycles. The lowest BCUT2D eigenvalue weighted by Crippen LogP contribution is -2.06. The number of halogens is 1. The molecule has 0 aliphatic rings. The van der Waals surface area contributed by atoms with Crippen molar-refractivity contribution in [3.8, 4) is 0 Å². The molecule has 0 aliphatic carbocycles. The molecule has 0 unspecified atom stereocenters. The molecule has 1 N–H and O–H groups in total. The minimum atomic E-state index is -1.12. The van der Waals surface area contributed by atoms with Gasteiger partial charge < -0.3 is 5.11 Å². The van der Waals surface area contributed by atoms with Crippen molar-refractivity contribution in [3.63, 3.8) is 0 Å². The molecule has 2 aromatic carbocycles. The van der Waals surface area contributed by atoms with Crippen molar-refractivity contribution in [2.24, 2.45) is 0 Å². The van der Waals surface area contributed by atoms with E-state index in [0.717, 1.165) is 0 Å². The van der Waals surface area contributed by atoms with Gasteiger partial charge in [0.1, 0.15) is 0 Å². The number of rotatable bonds is 4. The van der Waals surface area contributed by atoms with E-state index in [0.29, 0.717) is 10.6 Å². The van der Waals surface area contributed by atoms with Crippen molar-refractivity contribution in [2.45, 2.75) is 0 Å². The Bertz CT molecular complexity index is 690. The molecule has 0 radical (unpaired) electrons. The van der Waals surface area contributed by atoms with E-state index >= 15 is 0 Å². The van der Waals surface area contributed by atoms with Crippen molar-refractivity contribution >= 4 is 29.4 Å². The lowest BCUT2D eigenvalue weighted by molar-refractivity contribution is 0.0693. The Labute approximate surface area is 121 Å². The molecule has 0 aromatic heterocycles. The van der Waals surface area contributed by atoms with Gasteiger partial charge in [0.05, 0.1) is 5.56 Å². The molecule has 2 aromatic rings. The Balaban J connectivity index is 2.30. The van der Waals surface area contributed by atoms with E-state index in [-0.39, 0.29) is 16.9 Å². The third-order valence-electron chi connectivity index (χ3n) is 2.74. The van der Waals surface area contributed by atoms with E-state index in [1.165, 1.54) is 18.2 Å². The molecule has 0 aliphatic heterocycles. The highest BCUT2D eigenvalue weighted by atomic mass is 35.5. The Kier molecular flexibility index (Phi) is 4.33. The smallest absolute Gasteiger partial charge is 0.336 e. The average molecular weight is 287 g/mol. The summed E-state index contributed by atoms with van der Waals surface area (Å²) in [6, 6.07) is 13.2. The topological polar surface area (TPSA) is 54.4 Å². The first-order valence-corrected chi connectivity index (χ1v) is 6.26. The normalized spacial score (nSPS) is 10.7. The number of benzene rings is 2. The van der Waals surface area contributed by atoms with Gasteiger partial charge >= 0.3 is 5.97 Å². The zero-order chi connectivity index (χ0) is 14.5. The minimum Gasteiger partial charge on any atom is -0.478 e. The molecule has 0 saturated heterocycles. The molecule has 0 bridgehead atoms. The van der Waals surface area contributed by atoms with Gasteiger partial charge in [0.2, 0.25) is 0 Å². The number of allylic oxidation sites excluding steroid dienone is 1. The fraction of sp³-hybridized carbons (Fsp3) is 0. The fourth-order valence-electron chi connectivity index (χ4n) is 1.75. The molecule has 100 valence electrons. The van der Waals surface area contributed by atoms with E-state index in [4.69, 9.17) is 16.7 Å². The van der Waals surface area contributed by atoms with Crippen LogP contribution in [0.15, 0.2) is 54.6 Å². The zero-order valence-corrected chi connectivity index (χ0v) is 11.2. The highest BCUT2D eigenvalue weighted by molar-refractivity contribution is 6.32. The summed E-state index contributed by atoms with van der Waals surface area (Å²) >= 11 is 5.98. The lowest BCUT2D eigenvalue weighted by atomic mass is 10.0. The summed E-state index contributed by atoms with van der Waals surface area (Å²) in [5, 5.41) is 9.58. The van der Waals surface area contributed by atoms with E-state index in [1.807, 2.05) is 0 Å². The Hall–Kier alpha value is -2.39. The van der Waals surface area contributed by atoms with Crippen LogP contribution in [-0.2, 0) is 0 Å². The quantitative estimate of drug-likeness (QED) is 0.684. The SMILES string of the molecule is O=C(O)c1ccccc1C(=O)C=Cc1ccccc1Cl. The maximum atomic E-state index is 12.1. The van der Waals surface area contributed by atoms with Crippen LogP contribution in [-0.4, -0.2) is 16.9 Å². The highest BCUT2D eigenvalue weighted by Gasteiger charge is 2.13. The molecule has 3 nitrogen and oxygen atoms in total. The van der Waals surface area contributed by atoms with Gasteiger partial charge in [-0.15, -0.1) is 0 Å². The number of carbonyl (C=O) groups excluding carboxylic acids is 1. The van der Waals surface area contributed by atoms with Gasteiger partial charge in [0.15, 0.2) is 5.78 Å². The summed E-state index contributed by atoms with van der Waals surface area (Å²) in [6.45, 7) is 0. The summed E-state index contributed by atoms with van der Waals surface area (Å²) in [5.41, 5.74) is 0.847. The van der Waals surface area contributed by atoms with Crippen LogP contribution in [0.2, 0.25) is 5.02 Å². The predicted octanol–water partition coefficient (Wildman–Crippen LogP) is 3.93. The number of carbonyl (C=O) groups is 2. The van der Waals surface area contributed by atoms with Crippen LogP contribution in [0.5, 0.6) is 0 Å². The van der Waals surface area contributed by atoms with Crippen LogP contribution >= 0.6 is 11.6 Å². The Morgan fingerprint density at radius 1 is 0.950 bits per heavy atom. The number of hydrogen-bond acceptors (Lipinski definition) is 2.